The first kappa shape index (κ1) is 27.4. The van der Waals surface area contributed by atoms with Gasteiger partial charge in [-0.1, -0.05) is 97.1 Å². The van der Waals surface area contributed by atoms with Crippen molar-refractivity contribution < 1.29 is 0 Å². The number of hydrogen-bond donors (Lipinski definition) is 0. The van der Waals surface area contributed by atoms with Crippen LogP contribution in [0.4, 0.5) is 0 Å². The molecule has 0 bridgehead atoms. The Labute approximate surface area is 277 Å². The molecule has 0 radical (unpaired) electrons. The fourth-order valence-electron chi connectivity index (χ4n) is 7.25. The van der Waals surface area contributed by atoms with Crippen molar-refractivity contribution in [1.29, 1.82) is 10.5 Å². The molecule has 222 valence electrons. The first-order valence-electron chi connectivity index (χ1n) is 15.9. The van der Waals surface area contributed by atoms with Crippen LogP contribution in [0.15, 0.2) is 158 Å². The molecule has 0 fully saturated rings. The highest BCUT2D eigenvalue weighted by molar-refractivity contribution is 6.10. The fourth-order valence-corrected chi connectivity index (χ4v) is 7.25. The summed E-state index contributed by atoms with van der Waals surface area (Å²) in [4.78, 5) is 0. The Balaban J connectivity index is 1.20. The SMILES string of the molecule is N#Cc1ccc(-n2c3ccccc3c3ccccc32)c(-c2ccc(-c3cc(-n4c5ccccc5c5ccccc54)ccc3C#N)cc2)c1. The number of hydrogen-bond acceptors (Lipinski definition) is 2. The molecule has 0 unspecified atom stereocenters. The Morgan fingerprint density at radius 3 is 1.38 bits per heavy atom. The van der Waals surface area contributed by atoms with Gasteiger partial charge in [0.1, 0.15) is 0 Å². The number of nitrogens with zero attached hydrogens (tertiary/aromatic N) is 4. The van der Waals surface area contributed by atoms with Gasteiger partial charge in [-0.3, -0.25) is 0 Å². The molecule has 0 amide bonds. The van der Waals surface area contributed by atoms with Crippen molar-refractivity contribution in [1.82, 2.24) is 9.13 Å². The van der Waals surface area contributed by atoms with Gasteiger partial charge in [-0.25, -0.2) is 0 Å². The maximum absolute atomic E-state index is 10.2. The summed E-state index contributed by atoms with van der Waals surface area (Å²) in [7, 11) is 0. The van der Waals surface area contributed by atoms with Gasteiger partial charge in [0.2, 0.25) is 0 Å². The second-order valence-corrected chi connectivity index (χ2v) is 12.0. The Morgan fingerprint density at radius 2 is 0.875 bits per heavy atom. The molecule has 2 heterocycles. The summed E-state index contributed by atoms with van der Waals surface area (Å²) in [6, 6.07) is 58.8. The normalized spacial score (nSPS) is 11.3. The Hall–Kier alpha value is -6.88. The maximum atomic E-state index is 10.2. The average Bonchev–Trinajstić information content (AvgIpc) is 3.67. The monoisotopic (exact) mass is 610 g/mol. The van der Waals surface area contributed by atoms with Crippen molar-refractivity contribution in [3.05, 3.63) is 169 Å². The largest absolute Gasteiger partial charge is 0.309 e. The van der Waals surface area contributed by atoms with Gasteiger partial charge in [0.15, 0.2) is 0 Å². The minimum absolute atomic E-state index is 0.601. The maximum Gasteiger partial charge on any atom is 0.0998 e. The van der Waals surface area contributed by atoms with Gasteiger partial charge in [0.05, 0.1) is 51.0 Å². The number of fused-ring (bicyclic) bond motifs is 6. The zero-order chi connectivity index (χ0) is 32.2. The molecule has 0 aliphatic heterocycles. The third-order valence-electron chi connectivity index (χ3n) is 9.42. The molecule has 9 aromatic rings. The molecule has 0 N–H and O–H groups in total. The summed E-state index contributed by atoms with van der Waals surface area (Å²) in [6.07, 6.45) is 0. The van der Waals surface area contributed by atoms with Crippen LogP contribution in [0.5, 0.6) is 0 Å². The first-order chi connectivity index (χ1) is 23.7. The minimum atomic E-state index is 0.601. The van der Waals surface area contributed by atoms with Crippen LogP contribution >= 0.6 is 0 Å². The van der Waals surface area contributed by atoms with E-state index in [4.69, 9.17) is 0 Å². The van der Waals surface area contributed by atoms with Crippen molar-refractivity contribution in [2.75, 3.05) is 0 Å². The molecular formula is C44H26N4. The highest BCUT2D eigenvalue weighted by atomic mass is 15.0. The molecule has 4 nitrogen and oxygen atoms in total. The second-order valence-electron chi connectivity index (χ2n) is 12.0. The third-order valence-corrected chi connectivity index (χ3v) is 9.42. The topological polar surface area (TPSA) is 57.4 Å². The lowest BCUT2D eigenvalue weighted by atomic mass is 9.95. The molecule has 0 aliphatic rings. The Kier molecular flexibility index (Phi) is 6.22. The summed E-state index contributed by atoms with van der Waals surface area (Å²) < 4.78 is 4.56. The van der Waals surface area contributed by atoms with Gasteiger partial charge < -0.3 is 9.13 Å². The lowest BCUT2D eigenvalue weighted by Crippen LogP contribution is -1.98. The van der Waals surface area contributed by atoms with E-state index >= 15 is 0 Å². The van der Waals surface area contributed by atoms with Crippen LogP contribution in [-0.2, 0) is 0 Å². The van der Waals surface area contributed by atoms with Crippen LogP contribution in [0.2, 0.25) is 0 Å². The molecule has 7 aromatic carbocycles. The van der Waals surface area contributed by atoms with Crippen LogP contribution in [0.3, 0.4) is 0 Å². The van der Waals surface area contributed by atoms with Gasteiger partial charge >= 0.3 is 0 Å². The molecule has 0 aliphatic carbocycles. The van der Waals surface area contributed by atoms with E-state index in [1.54, 1.807) is 0 Å². The highest BCUT2D eigenvalue weighted by Crippen LogP contribution is 2.38. The van der Waals surface area contributed by atoms with E-state index in [0.29, 0.717) is 11.1 Å². The minimum Gasteiger partial charge on any atom is -0.309 e. The van der Waals surface area contributed by atoms with E-state index in [-0.39, 0.29) is 0 Å². The number of benzene rings is 7. The summed E-state index contributed by atoms with van der Waals surface area (Å²) in [5.74, 6) is 0. The number of rotatable bonds is 4. The molecule has 0 saturated heterocycles. The van der Waals surface area contributed by atoms with E-state index in [1.807, 2.05) is 30.3 Å². The summed E-state index contributed by atoms with van der Waals surface area (Å²) in [6.45, 7) is 0. The van der Waals surface area contributed by atoms with E-state index in [0.717, 1.165) is 55.7 Å². The lowest BCUT2D eigenvalue weighted by molar-refractivity contribution is 1.18. The molecule has 48 heavy (non-hydrogen) atoms. The second kappa shape index (κ2) is 10.9. The van der Waals surface area contributed by atoms with Crippen LogP contribution in [0.25, 0.3) is 77.2 Å². The van der Waals surface area contributed by atoms with Crippen molar-refractivity contribution in [3.63, 3.8) is 0 Å². The Morgan fingerprint density at radius 1 is 0.396 bits per heavy atom. The molecule has 4 heteroatoms. The summed E-state index contributed by atoms with van der Waals surface area (Å²) in [5, 5.41) is 24.8. The van der Waals surface area contributed by atoms with Crippen molar-refractivity contribution in [2.24, 2.45) is 0 Å². The van der Waals surface area contributed by atoms with Crippen LogP contribution in [-0.4, -0.2) is 9.13 Å². The van der Waals surface area contributed by atoms with Crippen LogP contribution in [0.1, 0.15) is 11.1 Å². The van der Waals surface area contributed by atoms with Crippen LogP contribution in [0, 0.1) is 22.7 Å². The van der Waals surface area contributed by atoms with Crippen molar-refractivity contribution in [3.8, 4) is 45.8 Å². The summed E-state index contributed by atoms with van der Waals surface area (Å²) >= 11 is 0. The molecule has 0 spiro atoms. The van der Waals surface area contributed by atoms with Gasteiger partial charge in [-0.2, -0.15) is 10.5 Å². The zero-order valence-electron chi connectivity index (χ0n) is 25.8. The van der Waals surface area contributed by atoms with Crippen molar-refractivity contribution >= 4 is 43.6 Å². The quantitative estimate of drug-likeness (QED) is 0.199. The molecule has 0 atom stereocenters. The number of para-hydroxylation sites is 4. The van der Waals surface area contributed by atoms with Crippen LogP contribution < -0.4 is 0 Å². The van der Waals surface area contributed by atoms with Gasteiger partial charge in [-0.05, 0) is 71.8 Å². The third kappa shape index (κ3) is 4.14. The van der Waals surface area contributed by atoms with E-state index < -0.39 is 0 Å². The lowest BCUT2D eigenvalue weighted by Gasteiger charge is -2.15. The van der Waals surface area contributed by atoms with E-state index in [1.165, 1.54) is 21.5 Å². The van der Waals surface area contributed by atoms with Crippen molar-refractivity contribution in [2.45, 2.75) is 0 Å². The highest BCUT2D eigenvalue weighted by Gasteiger charge is 2.17. The van der Waals surface area contributed by atoms with Gasteiger partial charge in [-0.15, -0.1) is 0 Å². The standard InChI is InChI=1S/C44H26N4/c45-27-29-17-24-44(48-42-15-7-3-11-36(42)37-12-4-8-16-43(37)48)39(25-29)31-20-18-30(19-21-31)38-26-33(23-22-32(38)28-46)47-40-13-5-1-9-34(40)35-10-2-6-14-41(35)47/h1-26H. The summed E-state index contributed by atoms with van der Waals surface area (Å²) in [5.41, 5.74) is 11.5. The van der Waals surface area contributed by atoms with Gasteiger partial charge in [0.25, 0.3) is 0 Å². The smallest absolute Gasteiger partial charge is 0.0998 e. The van der Waals surface area contributed by atoms with Gasteiger partial charge in [0, 0.05) is 38.4 Å². The predicted octanol–water partition coefficient (Wildman–Crippen LogP) is 11.0. The predicted molar refractivity (Wildman–Crippen MR) is 195 cm³/mol. The number of aromatic nitrogens is 2. The van der Waals surface area contributed by atoms with E-state index in [9.17, 15) is 10.5 Å². The molecule has 0 saturated carbocycles. The number of nitriles is 2. The molecule has 9 rings (SSSR count). The first-order valence-corrected chi connectivity index (χ1v) is 15.9. The average molecular weight is 611 g/mol. The molecule has 2 aromatic heterocycles. The Bertz CT molecular complexity index is 2690. The zero-order valence-corrected chi connectivity index (χ0v) is 25.8. The fraction of sp³-hybridized carbons (Fsp3) is 0. The van der Waals surface area contributed by atoms with E-state index in [2.05, 4.69) is 149 Å². The molecular weight excluding hydrogens is 585 g/mol.